The predicted molar refractivity (Wildman–Crippen MR) is 110 cm³/mol. The zero-order chi connectivity index (χ0) is 20.9. The van der Waals surface area contributed by atoms with Gasteiger partial charge >= 0.3 is 6.09 Å². The smallest absolute Gasteiger partial charge is 0.407 e. The van der Waals surface area contributed by atoms with E-state index >= 15 is 0 Å². The van der Waals surface area contributed by atoms with Crippen LogP contribution >= 0.6 is 0 Å². The highest BCUT2D eigenvalue weighted by atomic mass is 16.6. The second-order valence-corrected chi connectivity index (χ2v) is 8.56. The molecule has 1 aromatic carbocycles. The van der Waals surface area contributed by atoms with Crippen LogP contribution in [0.4, 0.5) is 4.79 Å². The molecule has 1 aromatic rings. The lowest BCUT2D eigenvalue weighted by atomic mass is 9.92. The highest BCUT2D eigenvalue weighted by Crippen LogP contribution is 2.48. The van der Waals surface area contributed by atoms with E-state index in [1.807, 2.05) is 58.9 Å². The molecule has 0 aromatic heterocycles. The number of rotatable bonds is 8. The van der Waals surface area contributed by atoms with E-state index in [4.69, 9.17) is 9.47 Å². The number of carbonyl (C=O) groups is 2. The van der Waals surface area contributed by atoms with Crippen LogP contribution in [0.5, 0.6) is 5.75 Å². The number of methoxy groups -OCH3 is 1. The van der Waals surface area contributed by atoms with Gasteiger partial charge in [0.15, 0.2) is 0 Å². The Hall–Kier alpha value is -2.24. The summed E-state index contributed by atoms with van der Waals surface area (Å²) in [6, 6.07) is 7.89. The second-order valence-electron chi connectivity index (χ2n) is 8.56. The molecule has 2 N–H and O–H groups in total. The summed E-state index contributed by atoms with van der Waals surface area (Å²) < 4.78 is 10.6. The van der Waals surface area contributed by atoms with Gasteiger partial charge in [-0.15, -0.1) is 0 Å². The molecule has 0 heterocycles. The molecule has 1 saturated carbocycles. The van der Waals surface area contributed by atoms with Gasteiger partial charge in [0.1, 0.15) is 11.4 Å². The van der Waals surface area contributed by atoms with Crippen molar-refractivity contribution in [2.75, 3.05) is 13.7 Å². The SMILES string of the molecule is CCC(CC)(CNC(=O)OC(C)(C)C)NC(=O)C1CC1c1cccc(OC)c1. The zero-order valence-corrected chi connectivity index (χ0v) is 17.9. The molecule has 2 atom stereocenters. The maximum absolute atomic E-state index is 12.9. The summed E-state index contributed by atoms with van der Waals surface area (Å²) in [5.74, 6) is 1.04. The Morgan fingerprint density at radius 1 is 1.18 bits per heavy atom. The molecule has 0 spiro atoms. The van der Waals surface area contributed by atoms with Gasteiger partial charge in [0.05, 0.1) is 12.6 Å². The Bertz CT molecular complexity index is 692. The standard InChI is InChI=1S/C22H34N2O4/c1-7-22(8-2,14-23-20(26)28-21(3,4)5)24-19(25)18-13-17(18)15-10-9-11-16(12-15)27-6/h9-12,17-18H,7-8,13-14H2,1-6H3,(H,23,26)(H,24,25). The van der Waals surface area contributed by atoms with Crippen LogP contribution in [0.3, 0.4) is 0 Å². The number of amides is 2. The molecule has 1 fully saturated rings. The normalized spacial score (nSPS) is 18.9. The Kier molecular flexibility index (Phi) is 6.96. The summed E-state index contributed by atoms with van der Waals surface area (Å²) in [5.41, 5.74) is 0.104. The van der Waals surface area contributed by atoms with Gasteiger partial charge < -0.3 is 20.1 Å². The van der Waals surface area contributed by atoms with Crippen molar-refractivity contribution in [1.29, 1.82) is 0 Å². The molecular formula is C22H34N2O4. The number of carbonyl (C=O) groups excluding carboxylic acids is 2. The van der Waals surface area contributed by atoms with Crippen LogP contribution in [-0.2, 0) is 9.53 Å². The van der Waals surface area contributed by atoms with Crippen LogP contribution in [-0.4, -0.2) is 36.8 Å². The molecule has 2 rings (SSSR count). The minimum atomic E-state index is -0.549. The van der Waals surface area contributed by atoms with Crippen molar-refractivity contribution in [1.82, 2.24) is 10.6 Å². The number of hydrogen-bond donors (Lipinski definition) is 2. The minimum absolute atomic E-state index is 0.0360. The molecule has 156 valence electrons. The monoisotopic (exact) mass is 390 g/mol. The Labute approximate surface area is 168 Å². The molecule has 0 saturated heterocycles. The molecule has 2 unspecified atom stereocenters. The first-order valence-corrected chi connectivity index (χ1v) is 10.1. The van der Waals surface area contributed by atoms with Gasteiger partial charge in [-0.2, -0.15) is 0 Å². The van der Waals surface area contributed by atoms with Gasteiger partial charge in [0.2, 0.25) is 5.91 Å². The minimum Gasteiger partial charge on any atom is -0.497 e. The molecule has 0 aliphatic heterocycles. The van der Waals surface area contributed by atoms with Gasteiger partial charge in [-0.05, 0) is 63.6 Å². The maximum atomic E-state index is 12.9. The fourth-order valence-electron chi connectivity index (χ4n) is 3.36. The number of benzene rings is 1. The summed E-state index contributed by atoms with van der Waals surface area (Å²) in [6.45, 7) is 9.87. The van der Waals surface area contributed by atoms with Gasteiger partial charge in [-0.1, -0.05) is 26.0 Å². The van der Waals surface area contributed by atoms with Gasteiger partial charge in [0, 0.05) is 12.5 Å². The Morgan fingerprint density at radius 2 is 1.86 bits per heavy atom. The molecule has 0 radical (unpaired) electrons. The van der Waals surface area contributed by atoms with Gasteiger partial charge in [0.25, 0.3) is 0 Å². The van der Waals surface area contributed by atoms with E-state index in [1.165, 1.54) is 0 Å². The van der Waals surface area contributed by atoms with Crippen molar-refractivity contribution < 1.29 is 19.1 Å². The third-order valence-corrected chi connectivity index (χ3v) is 5.36. The molecule has 6 nitrogen and oxygen atoms in total. The van der Waals surface area contributed by atoms with E-state index in [2.05, 4.69) is 10.6 Å². The molecule has 1 aliphatic carbocycles. The average Bonchev–Trinajstić information content (AvgIpc) is 3.45. The Balaban J connectivity index is 1.96. The van der Waals surface area contributed by atoms with E-state index < -0.39 is 17.2 Å². The van der Waals surface area contributed by atoms with Crippen LogP contribution in [0.1, 0.15) is 65.4 Å². The first kappa shape index (κ1) is 22.1. The largest absolute Gasteiger partial charge is 0.497 e. The fourth-order valence-corrected chi connectivity index (χ4v) is 3.36. The van der Waals surface area contributed by atoms with E-state index in [9.17, 15) is 9.59 Å². The molecule has 6 heteroatoms. The zero-order valence-electron chi connectivity index (χ0n) is 17.9. The number of ether oxygens (including phenoxy) is 2. The molecule has 0 bridgehead atoms. The summed E-state index contributed by atoms with van der Waals surface area (Å²) in [6.07, 6.45) is 1.82. The van der Waals surface area contributed by atoms with E-state index in [0.717, 1.165) is 30.6 Å². The van der Waals surface area contributed by atoms with E-state index in [1.54, 1.807) is 7.11 Å². The third-order valence-electron chi connectivity index (χ3n) is 5.36. The van der Waals surface area contributed by atoms with E-state index in [0.29, 0.717) is 6.54 Å². The lowest BCUT2D eigenvalue weighted by Gasteiger charge is -2.33. The number of nitrogens with one attached hydrogen (secondary N) is 2. The first-order valence-electron chi connectivity index (χ1n) is 10.1. The Morgan fingerprint density at radius 3 is 2.43 bits per heavy atom. The van der Waals surface area contributed by atoms with Gasteiger partial charge in [-0.25, -0.2) is 4.79 Å². The van der Waals surface area contributed by atoms with Crippen molar-refractivity contribution in [3.8, 4) is 5.75 Å². The summed E-state index contributed by atoms with van der Waals surface area (Å²) >= 11 is 0. The summed E-state index contributed by atoms with van der Waals surface area (Å²) in [4.78, 5) is 24.9. The van der Waals surface area contributed by atoms with Crippen LogP contribution in [0, 0.1) is 5.92 Å². The highest BCUT2D eigenvalue weighted by Gasteiger charge is 2.46. The van der Waals surface area contributed by atoms with Crippen molar-refractivity contribution in [3.63, 3.8) is 0 Å². The van der Waals surface area contributed by atoms with Crippen molar-refractivity contribution in [2.45, 2.75) is 70.9 Å². The van der Waals surface area contributed by atoms with Crippen LogP contribution in [0.15, 0.2) is 24.3 Å². The quantitative estimate of drug-likeness (QED) is 0.703. The van der Waals surface area contributed by atoms with Crippen LogP contribution in [0.2, 0.25) is 0 Å². The number of hydrogen-bond acceptors (Lipinski definition) is 4. The summed E-state index contributed by atoms with van der Waals surface area (Å²) in [5, 5.41) is 6.01. The lowest BCUT2D eigenvalue weighted by molar-refractivity contribution is -0.124. The van der Waals surface area contributed by atoms with Crippen LogP contribution < -0.4 is 15.4 Å². The molecule has 28 heavy (non-hydrogen) atoms. The highest BCUT2D eigenvalue weighted by molar-refractivity contribution is 5.83. The number of alkyl carbamates (subject to hydrolysis) is 1. The lowest BCUT2D eigenvalue weighted by Crippen LogP contribution is -2.55. The van der Waals surface area contributed by atoms with Crippen molar-refractivity contribution in [3.05, 3.63) is 29.8 Å². The molecule has 1 aliphatic rings. The fraction of sp³-hybridized carbons (Fsp3) is 0.636. The second kappa shape index (κ2) is 8.84. The maximum Gasteiger partial charge on any atom is 0.407 e. The topological polar surface area (TPSA) is 76.7 Å². The first-order chi connectivity index (χ1) is 13.1. The van der Waals surface area contributed by atoms with Gasteiger partial charge in [-0.3, -0.25) is 4.79 Å². The van der Waals surface area contributed by atoms with Crippen molar-refractivity contribution >= 4 is 12.0 Å². The third kappa shape index (κ3) is 5.88. The van der Waals surface area contributed by atoms with E-state index in [-0.39, 0.29) is 17.7 Å². The molecule has 2 amide bonds. The summed E-state index contributed by atoms with van der Waals surface area (Å²) in [7, 11) is 1.64. The molecular weight excluding hydrogens is 356 g/mol. The average molecular weight is 391 g/mol. The van der Waals surface area contributed by atoms with Crippen LogP contribution in [0.25, 0.3) is 0 Å². The predicted octanol–water partition coefficient (Wildman–Crippen LogP) is 4.00. The van der Waals surface area contributed by atoms with Crippen molar-refractivity contribution in [2.24, 2.45) is 5.92 Å².